The van der Waals surface area contributed by atoms with Crippen LogP contribution in [0.3, 0.4) is 0 Å². The molecule has 0 radical (unpaired) electrons. The van der Waals surface area contributed by atoms with Crippen LogP contribution < -0.4 is 0 Å². The van der Waals surface area contributed by atoms with E-state index in [0.29, 0.717) is 12.0 Å². The van der Waals surface area contributed by atoms with E-state index < -0.39 is 9.05 Å². The molecule has 80 valence electrons. The Kier molecular flexibility index (Phi) is 3.61. The summed E-state index contributed by atoms with van der Waals surface area (Å²) in [5.41, 5.74) is 0.979. The van der Waals surface area contributed by atoms with Crippen molar-refractivity contribution in [2.75, 3.05) is 0 Å². The Labute approximate surface area is 97.7 Å². The fraction of sp³-hybridized carbons (Fsp3) is 0.222. The number of hydrogen-bond acceptors (Lipinski definition) is 3. The third-order valence-corrected chi connectivity index (χ3v) is 3.71. The number of hydrogen-bond donors (Lipinski definition) is 0. The van der Waals surface area contributed by atoms with Crippen LogP contribution in [0.1, 0.15) is 18.1 Å². The van der Waals surface area contributed by atoms with E-state index >= 15 is 0 Å². The topological polar surface area (TPSA) is 57.9 Å². The third-order valence-electron chi connectivity index (χ3n) is 1.92. The smallest absolute Gasteiger partial charge is 0.207 e. The maximum absolute atomic E-state index is 11.1. The number of aryl methyl sites for hydroxylation is 1. The molecular formula is C9H7Cl2NO2S. The Morgan fingerprint density at radius 2 is 2.07 bits per heavy atom. The molecule has 0 aliphatic rings. The molecule has 0 aliphatic carbocycles. The fourth-order valence-corrected chi connectivity index (χ4v) is 2.72. The van der Waals surface area contributed by atoms with Crippen molar-refractivity contribution >= 4 is 31.3 Å². The monoisotopic (exact) mass is 263 g/mol. The largest absolute Gasteiger partial charge is 0.262 e. The lowest BCUT2D eigenvalue weighted by Crippen LogP contribution is -1.96. The minimum Gasteiger partial charge on any atom is -0.207 e. The van der Waals surface area contributed by atoms with Gasteiger partial charge in [-0.05, 0) is 24.1 Å². The number of halogens is 2. The molecule has 1 rings (SSSR count). The van der Waals surface area contributed by atoms with Gasteiger partial charge in [-0.2, -0.15) is 5.26 Å². The number of benzene rings is 1. The van der Waals surface area contributed by atoms with Crippen LogP contribution in [-0.4, -0.2) is 8.42 Å². The number of nitriles is 1. The first-order valence-corrected chi connectivity index (χ1v) is 6.76. The summed E-state index contributed by atoms with van der Waals surface area (Å²) in [4.78, 5) is -0.223. The molecule has 1 aromatic carbocycles. The summed E-state index contributed by atoms with van der Waals surface area (Å²) in [6, 6.07) is 4.56. The summed E-state index contributed by atoms with van der Waals surface area (Å²) < 4.78 is 22.2. The normalized spacial score (nSPS) is 11.1. The van der Waals surface area contributed by atoms with Crippen LogP contribution in [0.4, 0.5) is 0 Å². The van der Waals surface area contributed by atoms with Gasteiger partial charge in [-0.3, -0.25) is 0 Å². The molecule has 3 nitrogen and oxygen atoms in total. The summed E-state index contributed by atoms with van der Waals surface area (Å²) in [5, 5.41) is 8.84. The van der Waals surface area contributed by atoms with Gasteiger partial charge in [0.25, 0.3) is 9.05 Å². The summed E-state index contributed by atoms with van der Waals surface area (Å²) in [7, 11) is 1.26. The van der Waals surface area contributed by atoms with Crippen molar-refractivity contribution in [2.45, 2.75) is 18.2 Å². The van der Waals surface area contributed by atoms with Gasteiger partial charge in [0.2, 0.25) is 0 Å². The molecule has 15 heavy (non-hydrogen) atoms. The van der Waals surface area contributed by atoms with E-state index in [1.807, 2.05) is 13.0 Å². The zero-order valence-electron chi connectivity index (χ0n) is 7.79. The molecule has 0 unspecified atom stereocenters. The summed E-state index contributed by atoms with van der Waals surface area (Å²) >= 11 is 5.75. The van der Waals surface area contributed by atoms with E-state index in [2.05, 4.69) is 0 Å². The van der Waals surface area contributed by atoms with Crippen LogP contribution in [0.2, 0.25) is 5.02 Å². The van der Waals surface area contributed by atoms with Crippen LogP contribution in [0.25, 0.3) is 0 Å². The van der Waals surface area contributed by atoms with Gasteiger partial charge in [0.1, 0.15) is 4.90 Å². The molecule has 0 aliphatic heterocycles. The molecule has 6 heteroatoms. The molecule has 0 heterocycles. The van der Waals surface area contributed by atoms with Crippen molar-refractivity contribution in [3.63, 3.8) is 0 Å². The van der Waals surface area contributed by atoms with Gasteiger partial charge in [0, 0.05) is 10.7 Å². The van der Waals surface area contributed by atoms with Gasteiger partial charge < -0.3 is 0 Å². The predicted molar refractivity (Wildman–Crippen MR) is 58.6 cm³/mol. The van der Waals surface area contributed by atoms with Gasteiger partial charge in [-0.15, -0.1) is 0 Å². The molecule has 0 amide bonds. The molecule has 0 saturated heterocycles. The van der Waals surface area contributed by atoms with Gasteiger partial charge in [-0.1, -0.05) is 18.5 Å². The van der Waals surface area contributed by atoms with E-state index in [-0.39, 0.29) is 15.5 Å². The second-order valence-corrected chi connectivity index (χ2v) is 5.78. The van der Waals surface area contributed by atoms with Crippen molar-refractivity contribution in [1.82, 2.24) is 0 Å². The first-order chi connectivity index (χ1) is 6.90. The average molecular weight is 264 g/mol. The van der Waals surface area contributed by atoms with E-state index in [0.717, 1.165) is 0 Å². The lowest BCUT2D eigenvalue weighted by atomic mass is 10.1. The van der Waals surface area contributed by atoms with E-state index in [4.69, 9.17) is 27.5 Å². The van der Waals surface area contributed by atoms with Gasteiger partial charge in [0.05, 0.1) is 16.7 Å². The zero-order chi connectivity index (χ0) is 11.6. The number of rotatable bonds is 2. The van der Waals surface area contributed by atoms with E-state index in [1.54, 1.807) is 0 Å². The quantitative estimate of drug-likeness (QED) is 0.771. The molecule has 0 bridgehead atoms. The molecule has 1 aromatic rings. The minimum absolute atomic E-state index is 0.0425. The first kappa shape index (κ1) is 12.3. The van der Waals surface area contributed by atoms with Crippen molar-refractivity contribution in [3.05, 3.63) is 28.3 Å². The third kappa shape index (κ3) is 2.63. The second-order valence-electron chi connectivity index (χ2n) is 2.84. The van der Waals surface area contributed by atoms with Gasteiger partial charge in [-0.25, -0.2) is 8.42 Å². The summed E-state index contributed by atoms with van der Waals surface area (Å²) in [6.07, 6.45) is 0.602. The highest BCUT2D eigenvalue weighted by Gasteiger charge is 2.17. The number of nitrogens with zero attached hydrogens (tertiary/aromatic N) is 1. The Bertz CT molecular complexity index is 532. The molecule has 0 atom stereocenters. The SMILES string of the molecule is CCc1cc(Cl)c(S(=O)(=O)Cl)cc1C#N. The van der Waals surface area contributed by atoms with Gasteiger partial charge in [0.15, 0.2) is 0 Å². The lowest BCUT2D eigenvalue weighted by molar-refractivity contribution is 0.609. The Morgan fingerprint density at radius 1 is 1.47 bits per heavy atom. The minimum atomic E-state index is -3.90. The Morgan fingerprint density at radius 3 is 2.47 bits per heavy atom. The standard InChI is InChI=1S/C9H7Cl2NO2S/c1-2-6-3-8(10)9(15(11,13)14)4-7(6)5-12/h3-4H,2H2,1H3. The maximum atomic E-state index is 11.1. The molecule has 0 saturated carbocycles. The molecular weight excluding hydrogens is 257 g/mol. The summed E-state index contributed by atoms with van der Waals surface area (Å²) in [5.74, 6) is 0. The highest BCUT2D eigenvalue weighted by molar-refractivity contribution is 8.13. The van der Waals surface area contributed by atoms with Crippen molar-refractivity contribution in [1.29, 1.82) is 5.26 Å². The first-order valence-electron chi connectivity index (χ1n) is 4.07. The van der Waals surface area contributed by atoms with Crippen LogP contribution in [0.15, 0.2) is 17.0 Å². The predicted octanol–water partition coefficient (Wildman–Crippen LogP) is 2.70. The Hall–Kier alpha value is -0.760. The summed E-state index contributed by atoms with van der Waals surface area (Å²) in [6.45, 7) is 1.85. The average Bonchev–Trinajstić information content (AvgIpc) is 2.15. The maximum Gasteiger partial charge on any atom is 0.262 e. The van der Waals surface area contributed by atoms with Crippen LogP contribution in [-0.2, 0) is 15.5 Å². The van der Waals surface area contributed by atoms with Crippen LogP contribution >= 0.6 is 22.3 Å². The van der Waals surface area contributed by atoms with E-state index in [1.165, 1.54) is 12.1 Å². The highest BCUT2D eigenvalue weighted by Crippen LogP contribution is 2.28. The molecule has 0 N–H and O–H groups in total. The van der Waals surface area contributed by atoms with Crippen molar-refractivity contribution < 1.29 is 8.42 Å². The molecule has 0 fully saturated rings. The molecule has 0 spiro atoms. The van der Waals surface area contributed by atoms with Gasteiger partial charge >= 0.3 is 0 Å². The van der Waals surface area contributed by atoms with Crippen LogP contribution in [0, 0.1) is 11.3 Å². The van der Waals surface area contributed by atoms with Crippen molar-refractivity contribution in [3.8, 4) is 6.07 Å². The zero-order valence-corrected chi connectivity index (χ0v) is 10.1. The second kappa shape index (κ2) is 4.40. The molecule has 0 aromatic heterocycles. The Balaban J connectivity index is 3.55. The van der Waals surface area contributed by atoms with E-state index in [9.17, 15) is 8.42 Å². The fourth-order valence-electron chi connectivity index (χ4n) is 1.18. The van der Waals surface area contributed by atoms with Crippen molar-refractivity contribution in [2.24, 2.45) is 0 Å². The van der Waals surface area contributed by atoms with Crippen LogP contribution in [0.5, 0.6) is 0 Å². The highest BCUT2D eigenvalue weighted by atomic mass is 35.7. The lowest BCUT2D eigenvalue weighted by Gasteiger charge is -2.05.